The molecule has 0 spiro atoms. The van der Waals surface area contributed by atoms with Crippen molar-refractivity contribution in [1.29, 1.82) is 0 Å². The normalized spacial score (nSPS) is 20.2. The summed E-state index contributed by atoms with van der Waals surface area (Å²) < 4.78 is 38.6. The third-order valence-corrected chi connectivity index (χ3v) is 6.78. The van der Waals surface area contributed by atoms with Gasteiger partial charge in [0.05, 0.1) is 18.4 Å². The number of methoxy groups -OCH3 is 1. The quantitative estimate of drug-likeness (QED) is 0.670. The second-order valence-electron chi connectivity index (χ2n) is 7.53. The zero-order valence-electron chi connectivity index (χ0n) is 16.9. The minimum absolute atomic E-state index is 0.00887. The van der Waals surface area contributed by atoms with Gasteiger partial charge in [0.2, 0.25) is 10.0 Å². The van der Waals surface area contributed by atoms with Crippen molar-refractivity contribution in [2.45, 2.75) is 31.8 Å². The van der Waals surface area contributed by atoms with Crippen LogP contribution in [0.3, 0.4) is 0 Å². The van der Waals surface area contributed by atoms with Crippen molar-refractivity contribution in [3.05, 3.63) is 53.9 Å². The van der Waals surface area contributed by atoms with Gasteiger partial charge in [-0.15, -0.1) is 0 Å². The second kappa shape index (κ2) is 8.92. The number of hydrogen-bond acceptors (Lipinski definition) is 6. The first-order valence-corrected chi connectivity index (χ1v) is 11.0. The van der Waals surface area contributed by atoms with Gasteiger partial charge >= 0.3 is 5.97 Å². The standard InChI is InChI=1S/C21H26N2O5S/c1-15-10-16(2)13-23(12-15)29(25,26)20-11-17(7-8-19(20)27-3)21(24)28-14-18-6-4-5-9-22-18/h4-9,11,15-16H,10,12-14H2,1-3H3. The Morgan fingerprint density at radius 3 is 2.52 bits per heavy atom. The minimum atomic E-state index is -3.81. The van der Waals surface area contributed by atoms with E-state index in [1.807, 2.05) is 13.8 Å². The van der Waals surface area contributed by atoms with E-state index < -0.39 is 16.0 Å². The number of pyridine rings is 1. The van der Waals surface area contributed by atoms with Crippen LogP contribution in [0.2, 0.25) is 0 Å². The number of carbonyl (C=O) groups is 1. The average Bonchev–Trinajstić information content (AvgIpc) is 2.71. The fourth-order valence-corrected chi connectivity index (χ4v) is 5.51. The molecule has 2 aromatic rings. The molecule has 0 radical (unpaired) electrons. The largest absolute Gasteiger partial charge is 0.495 e. The van der Waals surface area contributed by atoms with Gasteiger partial charge in [0.15, 0.2) is 0 Å². The zero-order valence-corrected chi connectivity index (χ0v) is 17.7. The van der Waals surface area contributed by atoms with E-state index in [2.05, 4.69) is 4.98 Å². The van der Waals surface area contributed by atoms with Gasteiger partial charge in [0.1, 0.15) is 17.3 Å². The zero-order chi connectivity index (χ0) is 21.0. The molecule has 1 fully saturated rings. The number of sulfonamides is 1. The summed E-state index contributed by atoms with van der Waals surface area (Å²) in [6, 6.07) is 9.64. The number of esters is 1. The van der Waals surface area contributed by atoms with Crippen LogP contribution in [-0.4, -0.2) is 43.9 Å². The van der Waals surface area contributed by atoms with E-state index in [0.29, 0.717) is 18.8 Å². The number of benzene rings is 1. The number of aromatic nitrogens is 1. The third kappa shape index (κ3) is 4.94. The van der Waals surface area contributed by atoms with Crippen molar-refractivity contribution in [2.75, 3.05) is 20.2 Å². The highest BCUT2D eigenvalue weighted by Gasteiger charge is 2.34. The van der Waals surface area contributed by atoms with E-state index in [-0.39, 0.29) is 34.7 Å². The molecule has 0 amide bonds. The molecule has 8 heteroatoms. The molecule has 2 atom stereocenters. The monoisotopic (exact) mass is 418 g/mol. The molecule has 0 saturated carbocycles. The number of carbonyl (C=O) groups excluding carboxylic acids is 1. The highest BCUT2D eigenvalue weighted by Crippen LogP contribution is 2.32. The van der Waals surface area contributed by atoms with Crippen LogP contribution in [0, 0.1) is 11.8 Å². The molecule has 156 valence electrons. The molecule has 1 aliphatic rings. The average molecular weight is 419 g/mol. The Hall–Kier alpha value is -2.45. The third-order valence-electron chi connectivity index (χ3n) is 4.93. The summed E-state index contributed by atoms with van der Waals surface area (Å²) in [5.41, 5.74) is 0.761. The first kappa shape index (κ1) is 21.3. The molecule has 0 bridgehead atoms. The molecule has 29 heavy (non-hydrogen) atoms. The lowest BCUT2D eigenvalue weighted by Gasteiger charge is -2.34. The van der Waals surface area contributed by atoms with E-state index in [1.54, 1.807) is 24.4 Å². The van der Waals surface area contributed by atoms with Gasteiger partial charge in [-0.05, 0) is 48.6 Å². The van der Waals surface area contributed by atoms with Gasteiger partial charge in [-0.1, -0.05) is 19.9 Å². The first-order valence-electron chi connectivity index (χ1n) is 9.56. The summed E-state index contributed by atoms with van der Waals surface area (Å²) >= 11 is 0. The fourth-order valence-electron chi connectivity index (χ4n) is 3.65. The van der Waals surface area contributed by atoms with Gasteiger partial charge in [0, 0.05) is 19.3 Å². The summed E-state index contributed by atoms with van der Waals surface area (Å²) in [6.45, 7) is 4.99. The van der Waals surface area contributed by atoms with Gasteiger partial charge in [-0.2, -0.15) is 4.31 Å². The second-order valence-corrected chi connectivity index (χ2v) is 9.44. The highest BCUT2D eigenvalue weighted by molar-refractivity contribution is 7.89. The molecule has 1 aliphatic heterocycles. The van der Waals surface area contributed by atoms with Crippen molar-refractivity contribution in [3.63, 3.8) is 0 Å². The summed E-state index contributed by atoms with van der Waals surface area (Å²) in [4.78, 5) is 16.6. The lowest BCUT2D eigenvalue weighted by Crippen LogP contribution is -2.42. The topological polar surface area (TPSA) is 85.8 Å². The van der Waals surface area contributed by atoms with E-state index in [0.717, 1.165) is 6.42 Å². The molecular formula is C21H26N2O5S. The molecule has 1 saturated heterocycles. The van der Waals surface area contributed by atoms with Gasteiger partial charge in [-0.3, -0.25) is 4.98 Å². The predicted octanol–water partition coefficient (Wildman–Crippen LogP) is 3.11. The molecule has 3 rings (SSSR count). The van der Waals surface area contributed by atoms with Crippen LogP contribution < -0.4 is 4.74 Å². The van der Waals surface area contributed by atoms with E-state index in [1.165, 1.54) is 29.6 Å². The molecule has 1 aromatic heterocycles. The van der Waals surface area contributed by atoms with Crippen LogP contribution in [0.5, 0.6) is 5.75 Å². The fraction of sp³-hybridized carbons (Fsp3) is 0.429. The number of nitrogens with zero attached hydrogens (tertiary/aromatic N) is 2. The first-order chi connectivity index (χ1) is 13.8. The van der Waals surface area contributed by atoms with Crippen LogP contribution in [-0.2, 0) is 21.4 Å². The molecule has 0 N–H and O–H groups in total. The van der Waals surface area contributed by atoms with Crippen LogP contribution in [0.25, 0.3) is 0 Å². The van der Waals surface area contributed by atoms with Crippen molar-refractivity contribution in [3.8, 4) is 5.75 Å². The lowest BCUT2D eigenvalue weighted by molar-refractivity contribution is 0.0467. The Morgan fingerprint density at radius 1 is 1.17 bits per heavy atom. The molecular weight excluding hydrogens is 392 g/mol. The summed E-state index contributed by atoms with van der Waals surface area (Å²) in [5, 5.41) is 0. The number of rotatable bonds is 6. The van der Waals surface area contributed by atoms with Crippen molar-refractivity contribution < 1.29 is 22.7 Å². The highest BCUT2D eigenvalue weighted by atomic mass is 32.2. The maximum absolute atomic E-state index is 13.3. The van der Waals surface area contributed by atoms with Crippen molar-refractivity contribution in [2.24, 2.45) is 11.8 Å². The van der Waals surface area contributed by atoms with Crippen LogP contribution in [0.4, 0.5) is 0 Å². The molecule has 7 nitrogen and oxygen atoms in total. The SMILES string of the molecule is COc1ccc(C(=O)OCc2ccccn2)cc1S(=O)(=O)N1CC(C)CC(C)C1. The van der Waals surface area contributed by atoms with E-state index in [9.17, 15) is 13.2 Å². The molecule has 2 heterocycles. The minimum Gasteiger partial charge on any atom is -0.495 e. The van der Waals surface area contributed by atoms with E-state index >= 15 is 0 Å². The maximum atomic E-state index is 13.3. The lowest BCUT2D eigenvalue weighted by atomic mass is 9.94. The predicted molar refractivity (Wildman–Crippen MR) is 108 cm³/mol. The van der Waals surface area contributed by atoms with Crippen LogP contribution >= 0.6 is 0 Å². The summed E-state index contributed by atoms with van der Waals surface area (Å²) in [7, 11) is -2.39. The van der Waals surface area contributed by atoms with Crippen LogP contribution in [0.1, 0.15) is 36.3 Å². The number of ether oxygens (including phenoxy) is 2. The number of piperidine rings is 1. The Kier molecular flexibility index (Phi) is 6.54. The molecule has 0 aliphatic carbocycles. The Balaban J connectivity index is 1.85. The maximum Gasteiger partial charge on any atom is 0.338 e. The van der Waals surface area contributed by atoms with Crippen molar-refractivity contribution in [1.82, 2.24) is 9.29 Å². The number of hydrogen-bond donors (Lipinski definition) is 0. The van der Waals surface area contributed by atoms with Gasteiger partial charge in [-0.25, -0.2) is 13.2 Å². The van der Waals surface area contributed by atoms with Gasteiger partial charge < -0.3 is 9.47 Å². The summed E-state index contributed by atoms with van der Waals surface area (Å²) in [6.07, 6.45) is 2.60. The Labute approximate surface area is 171 Å². The van der Waals surface area contributed by atoms with Crippen LogP contribution in [0.15, 0.2) is 47.5 Å². The Morgan fingerprint density at radius 2 is 1.90 bits per heavy atom. The molecule has 2 unspecified atom stereocenters. The summed E-state index contributed by atoms with van der Waals surface area (Å²) in [5.74, 6) is 0.129. The van der Waals surface area contributed by atoms with E-state index in [4.69, 9.17) is 9.47 Å². The Bertz CT molecular complexity index is 952. The van der Waals surface area contributed by atoms with Crippen molar-refractivity contribution >= 4 is 16.0 Å². The van der Waals surface area contributed by atoms with Gasteiger partial charge in [0.25, 0.3) is 0 Å². The smallest absolute Gasteiger partial charge is 0.338 e. The molecule has 1 aromatic carbocycles.